The molecular formula is C15H13FO4. The fraction of sp³-hybridized carbons (Fsp3) is 0.133. The molecule has 0 amide bonds. The van der Waals surface area contributed by atoms with Crippen molar-refractivity contribution in [1.29, 1.82) is 0 Å². The van der Waals surface area contributed by atoms with Crippen LogP contribution < -0.4 is 9.47 Å². The minimum absolute atomic E-state index is 0.111. The molecule has 5 heteroatoms. The lowest BCUT2D eigenvalue weighted by Gasteiger charge is -2.11. The van der Waals surface area contributed by atoms with E-state index in [0.717, 1.165) is 0 Å². The highest BCUT2D eigenvalue weighted by Gasteiger charge is 2.12. The maximum atomic E-state index is 13.7. The Morgan fingerprint density at radius 1 is 1.05 bits per heavy atom. The lowest BCUT2D eigenvalue weighted by molar-refractivity contribution is 0.0696. The van der Waals surface area contributed by atoms with Crippen molar-refractivity contribution < 1.29 is 23.8 Å². The number of aromatic carboxylic acids is 1. The smallest absolute Gasteiger partial charge is 0.335 e. The summed E-state index contributed by atoms with van der Waals surface area (Å²) in [6.45, 7) is 0. The first-order valence-electron chi connectivity index (χ1n) is 5.82. The monoisotopic (exact) mass is 276 g/mol. The van der Waals surface area contributed by atoms with Gasteiger partial charge in [0.2, 0.25) is 0 Å². The summed E-state index contributed by atoms with van der Waals surface area (Å²) < 4.78 is 23.7. The van der Waals surface area contributed by atoms with E-state index in [1.807, 2.05) is 0 Å². The van der Waals surface area contributed by atoms with E-state index in [0.29, 0.717) is 16.9 Å². The number of carboxylic acids is 1. The summed E-state index contributed by atoms with van der Waals surface area (Å²) in [4.78, 5) is 10.9. The third-order valence-electron chi connectivity index (χ3n) is 2.91. The molecule has 0 fully saturated rings. The second-order valence-corrected chi connectivity index (χ2v) is 4.07. The fourth-order valence-electron chi connectivity index (χ4n) is 1.90. The zero-order valence-corrected chi connectivity index (χ0v) is 11.0. The Labute approximate surface area is 115 Å². The molecule has 0 heterocycles. The summed E-state index contributed by atoms with van der Waals surface area (Å²) in [6.07, 6.45) is 0. The summed E-state index contributed by atoms with van der Waals surface area (Å²) in [7, 11) is 2.82. The number of benzene rings is 2. The van der Waals surface area contributed by atoms with E-state index in [1.165, 1.54) is 38.5 Å². The highest BCUT2D eigenvalue weighted by molar-refractivity contribution is 5.89. The molecule has 0 saturated heterocycles. The molecule has 0 aliphatic carbocycles. The Morgan fingerprint density at radius 2 is 1.75 bits per heavy atom. The Balaban J connectivity index is 2.52. The van der Waals surface area contributed by atoms with Gasteiger partial charge >= 0.3 is 5.97 Å². The van der Waals surface area contributed by atoms with Crippen LogP contribution in [0.5, 0.6) is 11.5 Å². The Hall–Kier alpha value is -2.56. The third-order valence-corrected chi connectivity index (χ3v) is 2.91. The second-order valence-electron chi connectivity index (χ2n) is 4.07. The van der Waals surface area contributed by atoms with Crippen molar-refractivity contribution >= 4 is 5.97 Å². The van der Waals surface area contributed by atoms with E-state index in [2.05, 4.69) is 0 Å². The number of hydrogen-bond acceptors (Lipinski definition) is 3. The molecular weight excluding hydrogens is 263 g/mol. The summed E-state index contributed by atoms with van der Waals surface area (Å²) in [5.41, 5.74) is 1.30. The lowest BCUT2D eigenvalue weighted by Crippen LogP contribution is -1.98. The van der Waals surface area contributed by atoms with Gasteiger partial charge in [0.15, 0.2) is 11.6 Å². The van der Waals surface area contributed by atoms with E-state index in [4.69, 9.17) is 14.6 Å². The molecule has 0 radical (unpaired) electrons. The standard InChI is InChI=1S/C15H13FO4/c1-19-13-6-4-9(7-12(13)16)11-5-3-10(15(17)18)8-14(11)20-2/h3-8H,1-2H3,(H,17,18). The molecule has 0 spiro atoms. The molecule has 2 aromatic rings. The van der Waals surface area contributed by atoms with Gasteiger partial charge in [-0.3, -0.25) is 0 Å². The lowest BCUT2D eigenvalue weighted by atomic mass is 10.0. The van der Waals surface area contributed by atoms with Crippen molar-refractivity contribution in [3.05, 3.63) is 47.8 Å². The van der Waals surface area contributed by atoms with Crippen molar-refractivity contribution in [3.63, 3.8) is 0 Å². The summed E-state index contributed by atoms with van der Waals surface area (Å²) in [5, 5.41) is 8.95. The molecule has 0 aromatic heterocycles. The maximum Gasteiger partial charge on any atom is 0.335 e. The van der Waals surface area contributed by atoms with Gasteiger partial charge in [-0.25, -0.2) is 9.18 Å². The van der Waals surface area contributed by atoms with Crippen molar-refractivity contribution in [2.45, 2.75) is 0 Å². The predicted molar refractivity (Wildman–Crippen MR) is 71.9 cm³/mol. The number of carboxylic acid groups (broad SMARTS) is 1. The molecule has 2 rings (SSSR count). The number of carbonyl (C=O) groups is 1. The van der Waals surface area contributed by atoms with Crippen molar-refractivity contribution in [2.75, 3.05) is 14.2 Å². The minimum Gasteiger partial charge on any atom is -0.496 e. The minimum atomic E-state index is -1.05. The molecule has 2 aromatic carbocycles. The first-order valence-corrected chi connectivity index (χ1v) is 5.82. The van der Waals surface area contributed by atoms with Crippen LogP contribution in [-0.4, -0.2) is 25.3 Å². The number of hydrogen-bond donors (Lipinski definition) is 1. The molecule has 0 aliphatic heterocycles. The van der Waals surface area contributed by atoms with Crippen molar-refractivity contribution in [3.8, 4) is 22.6 Å². The average Bonchev–Trinajstić information content (AvgIpc) is 2.46. The normalized spacial score (nSPS) is 10.2. The Morgan fingerprint density at radius 3 is 2.30 bits per heavy atom. The van der Waals surface area contributed by atoms with Crippen LogP contribution in [0, 0.1) is 5.82 Å². The molecule has 0 aliphatic rings. The van der Waals surface area contributed by atoms with Gasteiger partial charge in [-0.1, -0.05) is 6.07 Å². The molecule has 0 atom stereocenters. The first-order chi connectivity index (χ1) is 9.56. The number of ether oxygens (including phenoxy) is 2. The number of halogens is 1. The van der Waals surface area contributed by atoms with Gasteiger partial charge in [-0.2, -0.15) is 0 Å². The summed E-state index contributed by atoms with van der Waals surface area (Å²) in [5.74, 6) is -1.02. The van der Waals surface area contributed by atoms with Crippen LogP contribution in [0.4, 0.5) is 4.39 Å². The summed E-state index contributed by atoms with van der Waals surface area (Å²) in [6, 6.07) is 8.94. The largest absolute Gasteiger partial charge is 0.496 e. The zero-order chi connectivity index (χ0) is 14.7. The number of rotatable bonds is 4. The maximum absolute atomic E-state index is 13.7. The van der Waals surface area contributed by atoms with E-state index < -0.39 is 11.8 Å². The topological polar surface area (TPSA) is 55.8 Å². The van der Waals surface area contributed by atoms with E-state index >= 15 is 0 Å². The van der Waals surface area contributed by atoms with Crippen LogP contribution in [0.3, 0.4) is 0 Å². The van der Waals surface area contributed by atoms with Crippen LogP contribution in [0.1, 0.15) is 10.4 Å². The van der Waals surface area contributed by atoms with Gasteiger partial charge < -0.3 is 14.6 Å². The van der Waals surface area contributed by atoms with Gasteiger partial charge in [0, 0.05) is 5.56 Å². The van der Waals surface area contributed by atoms with Gasteiger partial charge in [-0.05, 0) is 35.9 Å². The molecule has 1 N–H and O–H groups in total. The van der Waals surface area contributed by atoms with E-state index in [9.17, 15) is 9.18 Å². The van der Waals surface area contributed by atoms with Crippen LogP contribution in [0.15, 0.2) is 36.4 Å². The quantitative estimate of drug-likeness (QED) is 0.931. The Bertz CT molecular complexity index is 652. The van der Waals surface area contributed by atoms with Gasteiger partial charge in [-0.15, -0.1) is 0 Å². The highest BCUT2D eigenvalue weighted by Crippen LogP contribution is 2.33. The molecule has 0 saturated carbocycles. The van der Waals surface area contributed by atoms with Crippen LogP contribution in [0.2, 0.25) is 0 Å². The first kappa shape index (κ1) is 13.9. The molecule has 0 unspecified atom stereocenters. The fourth-order valence-corrected chi connectivity index (χ4v) is 1.90. The second kappa shape index (κ2) is 5.61. The van der Waals surface area contributed by atoms with Crippen LogP contribution in [-0.2, 0) is 0 Å². The van der Waals surface area contributed by atoms with Crippen molar-refractivity contribution in [2.24, 2.45) is 0 Å². The van der Waals surface area contributed by atoms with E-state index in [-0.39, 0.29) is 11.3 Å². The molecule has 0 bridgehead atoms. The molecule has 104 valence electrons. The zero-order valence-electron chi connectivity index (χ0n) is 11.0. The number of methoxy groups -OCH3 is 2. The average molecular weight is 276 g/mol. The predicted octanol–water partition coefficient (Wildman–Crippen LogP) is 3.21. The van der Waals surface area contributed by atoms with Crippen LogP contribution >= 0.6 is 0 Å². The SMILES string of the molecule is COc1ccc(-c2ccc(C(=O)O)cc2OC)cc1F. The van der Waals surface area contributed by atoms with E-state index in [1.54, 1.807) is 12.1 Å². The van der Waals surface area contributed by atoms with Gasteiger partial charge in [0.05, 0.1) is 19.8 Å². The van der Waals surface area contributed by atoms with Gasteiger partial charge in [0.25, 0.3) is 0 Å². The molecule has 20 heavy (non-hydrogen) atoms. The summed E-state index contributed by atoms with van der Waals surface area (Å²) >= 11 is 0. The Kier molecular flexibility index (Phi) is 3.89. The van der Waals surface area contributed by atoms with Crippen molar-refractivity contribution in [1.82, 2.24) is 0 Å². The van der Waals surface area contributed by atoms with Crippen LogP contribution in [0.25, 0.3) is 11.1 Å². The van der Waals surface area contributed by atoms with Gasteiger partial charge in [0.1, 0.15) is 5.75 Å². The third kappa shape index (κ3) is 2.56. The molecule has 4 nitrogen and oxygen atoms in total. The highest BCUT2D eigenvalue weighted by atomic mass is 19.1.